The molecule has 2 aromatic carbocycles. The van der Waals surface area contributed by atoms with Gasteiger partial charge in [-0.25, -0.2) is 0 Å². The molecule has 0 N–H and O–H groups in total. The fourth-order valence-corrected chi connectivity index (χ4v) is 3.84. The van der Waals surface area contributed by atoms with Crippen LogP contribution in [0.15, 0.2) is 30.3 Å². The highest BCUT2D eigenvalue weighted by Crippen LogP contribution is 2.46. The molecule has 1 nitrogen and oxygen atoms in total. The summed E-state index contributed by atoms with van der Waals surface area (Å²) in [5.41, 5.74) is 6.31. The van der Waals surface area contributed by atoms with Crippen LogP contribution in [0.25, 0.3) is 10.8 Å². The highest BCUT2D eigenvalue weighted by Gasteiger charge is 2.45. The summed E-state index contributed by atoms with van der Waals surface area (Å²) in [5.74, 6) is 0. The highest BCUT2D eigenvalue weighted by molar-refractivity contribution is 5.99. The van der Waals surface area contributed by atoms with Gasteiger partial charge in [-0.05, 0) is 37.1 Å². The van der Waals surface area contributed by atoms with Gasteiger partial charge in [0, 0.05) is 24.5 Å². The average Bonchev–Trinajstić information content (AvgIpc) is 2.62. The largest absolute Gasteiger partial charge is 0.213 e. The molecule has 19 heavy (non-hydrogen) atoms. The minimum atomic E-state index is 0.179. The number of benzene rings is 2. The Morgan fingerprint density at radius 3 is 2.79 bits per heavy atom. The summed E-state index contributed by atoms with van der Waals surface area (Å²) >= 11 is 0. The molecule has 0 amide bonds. The van der Waals surface area contributed by atoms with Crippen molar-refractivity contribution < 1.29 is 4.58 Å². The van der Waals surface area contributed by atoms with Crippen LogP contribution in [-0.2, 0) is 11.8 Å². The Morgan fingerprint density at radius 2 is 1.95 bits per heavy atom. The summed E-state index contributed by atoms with van der Waals surface area (Å²) in [6.07, 6.45) is 2.50. The van der Waals surface area contributed by atoms with Crippen molar-refractivity contribution in [1.29, 1.82) is 0 Å². The predicted molar refractivity (Wildman–Crippen MR) is 80.8 cm³/mol. The fourth-order valence-electron chi connectivity index (χ4n) is 3.84. The molecule has 0 aliphatic carbocycles. The second kappa shape index (κ2) is 3.47. The maximum absolute atomic E-state index is 2.57. The number of nitrogens with zero attached hydrogens (tertiary/aromatic N) is 1. The van der Waals surface area contributed by atoms with Gasteiger partial charge in [0.15, 0.2) is 5.71 Å². The number of fused-ring (bicyclic) bond motifs is 2. The maximum atomic E-state index is 2.57. The van der Waals surface area contributed by atoms with Gasteiger partial charge in [0.1, 0.15) is 6.54 Å². The van der Waals surface area contributed by atoms with Gasteiger partial charge < -0.3 is 0 Å². The Labute approximate surface area is 114 Å². The first-order valence-corrected chi connectivity index (χ1v) is 7.27. The molecule has 0 fully saturated rings. The zero-order chi connectivity index (χ0) is 13.2. The summed E-state index contributed by atoms with van der Waals surface area (Å²) in [6.45, 7) is 8.23. The van der Waals surface area contributed by atoms with Gasteiger partial charge in [0.2, 0.25) is 5.69 Å². The van der Waals surface area contributed by atoms with E-state index in [-0.39, 0.29) is 5.41 Å². The van der Waals surface area contributed by atoms with E-state index < -0.39 is 0 Å². The van der Waals surface area contributed by atoms with E-state index in [9.17, 15) is 0 Å². The third-order valence-electron chi connectivity index (χ3n) is 5.19. The van der Waals surface area contributed by atoms with Crippen molar-refractivity contribution in [3.63, 3.8) is 0 Å². The van der Waals surface area contributed by atoms with Crippen LogP contribution < -0.4 is 0 Å². The lowest BCUT2D eigenvalue weighted by atomic mass is 9.80. The minimum Gasteiger partial charge on any atom is -0.199 e. The second-order valence-corrected chi connectivity index (χ2v) is 6.44. The molecular formula is C18H20N+. The second-order valence-electron chi connectivity index (χ2n) is 6.44. The van der Waals surface area contributed by atoms with Crippen molar-refractivity contribution in [1.82, 2.24) is 0 Å². The summed E-state index contributed by atoms with van der Waals surface area (Å²) in [6, 6.07) is 11.3. The van der Waals surface area contributed by atoms with Crippen molar-refractivity contribution in [3.8, 4) is 0 Å². The molecule has 0 saturated heterocycles. The Bertz CT molecular complexity index is 735. The van der Waals surface area contributed by atoms with Gasteiger partial charge in [-0.2, -0.15) is 4.58 Å². The molecule has 1 heteroatoms. The molecule has 96 valence electrons. The van der Waals surface area contributed by atoms with E-state index in [1.165, 1.54) is 47.1 Å². The molecule has 0 unspecified atom stereocenters. The molecule has 4 rings (SSSR count). The molecule has 2 aliphatic heterocycles. The molecule has 0 spiro atoms. The van der Waals surface area contributed by atoms with Gasteiger partial charge >= 0.3 is 0 Å². The van der Waals surface area contributed by atoms with Crippen molar-refractivity contribution in [2.24, 2.45) is 0 Å². The smallest absolute Gasteiger partial charge is 0.199 e. The van der Waals surface area contributed by atoms with E-state index in [0.717, 1.165) is 0 Å². The fraction of sp³-hybridized carbons (Fsp3) is 0.389. The maximum Gasteiger partial charge on any atom is 0.213 e. The van der Waals surface area contributed by atoms with Crippen LogP contribution in [0.4, 0.5) is 5.69 Å². The summed E-state index contributed by atoms with van der Waals surface area (Å²) in [5, 5.41) is 2.86. The SMILES string of the molecule is CC1=[N+]2CCCc3c2c(cc2ccccc32)C1(C)C. The Kier molecular flexibility index (Phi) is 2.05. The van der Waals surface area contributed by atoms with E-state index >= 15 is 0 Å². The van der Waals surface area contributed by atoms with Gasteiger partial charge in [-0.3, -0.25) is 0 Å². The van der Waals surface area contributed by atoms with Crippen LogP contribution in [0.2, 0.25) is 0 Å². The first kappa shape index (κ1) is 11.2. The van der Waals surface area contributed by atoms with Crippen LogP contribution >= 0.6 is 0 Å². The zero-order valence-corrected chi connectivity index (χ0v) is 12.0. The van der Waals surface area contributed by atoms with Gasteiger partial charge in [-0.1, -0.05) is 24.3 Å². The molecule has 0 saturated carbocycles. The van der Waals surface area contributed by atoms with Crippen molar-refractivity contribution >= 4 is 22.2 Å². The van der Waals surface area contributed by atoms with E-state index in [2.05, 4.69) is 55.7 Å². The van der Waals surface area contributed by atoms with Gasteiger partial charge in [0.25, 0.3) is 0 Å². The average molecular weight is 250 g/mol. The third kappa shape index (κ3) is 1.28. The lowest BCUT2D eigenvalue weighted by Gasteiger charge is -2.17. The Morgan fingerprint density at radius 1 is 1.16 bits per heavy atom. The first-order chi connectivity index (χ1) is 9.10. The van der Waals surface area contributed by atoms with Crippen LogP contribution in [-0.4, -0.2) is 16.8 Å². The standard InChI is InChI=1S/C18H20N/c1-12-18(2,3)16-11-13-7-4-5-8-14(13)15-9-6-10-19(12)17(15)16/h4-5,7-8,11H,6,9-10H2,1-3H3/q+1. The number of aryl methyl sites for hydroxylation is 1. The quantitative estimate of drug-likeness (QED) is 0.617. The third-order valence-corrected chi connectivity index (χ3v) is 5.19. The summed E-state index contributed by atoms with van der Waals surface area (Å²) in [7, 11) is 0. The summed E-state index contributed by atoms with van der Waals surface area (Å²) < 4.78 is 2.57. The lowest BCUT2D eigenvalue weighted by molar-refractivity contribution is -0.444. The van der Waals surface area contributed by atoms with Crippen molar-refractivity contribution in [2.75, 3.05) is 6.54 Å². The van der Waals surface area contributed by atoms with E-state index in [1.807, 2.05) is 0 Å². The van der Waals surface area contributed by atoms with E-state index in [0.29, 0.717) is 0 Å². The van der Waals surface area contributed by atoms with E-state index in [1.54, 1.807) is 5.56 Å². The topological polar surface area (TPSA) is 3.01 Å². The summed E-state index contributed by atoms with van der Waals surface area (Å²) in [4.78, 5) is 0. The molecule has 0 atom stereocenters. The molecule has 2 aromatic rings. The monoisotopic (exact) mass is 250 g/mol. The minimum absolute atomic E-state index is 0.179. The van der Waals surface area contributed by atoms with Crippen LogP contribution in [0.3, 0.4) is 0 Å². The van der Waals surface area contributed by atoms with Crippen LogP contribution in [0.1, 0.15) is 38.3 Å². The molecular weight excluding hydrogens is 230 g/mol. The normalized spacial score (nSPS) is 19.9. The van der Waals surface area contributed by atoms with Gasteiger partial charge in [-0.15, -0.1) is 0 Å². The molecule has 2 heterocycles. The Balaban J connectivity index is 2.20. The predicted octanol–water partition coefficient (Wildman–Crippen LogP) is 4.18. The molecule has 0 radical (unpaired) electrons. The number of rotatable bonds is 0. The first-order valence-electron chi connectivity index (χ1n) is 7.27. The number of hydrogen-bond donors (Lipinski definition) is 0. The van der Waals surface area contributed by atoms with Crippen LogP contribution in [0, 0.1) is 0 Å². The van der Waals surface area contributed by atoms with Crippen molar-refractivity contribution in [2.45, 2.75) is 39.0 Å². The molecule has 2 aliphatic rings. The Hall–Kier alpha value is -1.63. The van der Waals surface area contributed by atoms with Crippen molar-refractivity contribution in [3.05, 3.63) is 41.5 Å². The van der Waals surface area contributed by atoms with Gasteiger partial charge in [0.05, 0.1) is 5.41 Å². The van der Waals surface area contributed by atoms with E-state index in [4.69, 9.17) is 0 Å². The zero-order valence-electron chi connectivity index (χ0n) is 12.0. The molecule has 0 aromatic heterocycles. The highest BCUT2D eigenvalue weighted by atomic mass is 15.1. The number of hydrogen-bond acceptors (Lipinski definition) is 0. The van der Waals surface area contributed by atoms with Crippen LogP contribution in [0.5, 0.6) is 0 Å². The molecule has 0 bridgehead atoms. The lowest BCUT2D eigenvalue weighted by Crippen LogP contribution is -2.27.